The Kier molecular flexibility index (Phi) is 2.27. The molecule has 0 N–H and O–H groups in total. The zero-order chi connectivity index (χ0) is 8.43. The Morgan fingerprint density at radius 2 is 2.27 bits per heavy atom. The fourth-order valence-corrected chi connectivity index (χ4v) is 1.50. The van der Waals surface area contributed by atoms with Crippen molar-refractivity contribution >= 4 is 11.8 Å². The number of carbonyl (C=O) groups excluding carboxylic acids is 2. The third-order valence-corrected chi connectivity index (χ3v) is 2.22. The average molecular weight is 156 g/mol. The lowest BCUT2D eigenvalue weighted by Crippen LogP contribution is -2.24. The summed E-state index contributed by atoms with van der Waals surface area (Å²) in [5, 5.41) is 0. The molecule has 1 aliphatic carbocycles. The first kappa shape index (κ1) is 8.24. The molecule has 0 heterocycles. The van der Waals surface area contributed by atoms with Crippen LogP contribution in [0.5, 0.6) is 0 Å². The molecule has 3 nitrogen and oxygen atoms in total. The average Bonchev–Trinajstić information content (AvgIpc) is 2.30. The van der Waals surface area contributed by atoms with E-state index in [4.69, 9.17) is 0 Å². The number of ether oxygens (including phenoxy) is 1. The molecule has 1 fully saturated rings. The third-order valence-electron chi connectivity index (χ3n) is 2.22. The van der Waals surface area contributed by atoms with E-state index < -0.39 is 5.92 Å². The Hall–Kier alpha value is -0.860. The van der Waals surface area contributed by atoms with E-state index in [9.17, 15) is 9.59 Å². The molecular formula is C8H12O3. The van der Waals surface area contributed by atoms with Crippen molar-refractivity contribution in [1.82, 2.24) is 0 Å². The zero-order valence-electron chi connectivity index (χ0n) is 6.79. The molecule has 0 amide bonds. The first-order chi connectivity index (χ1) is 5.16. The molecule has 1 saturated carbocycles. The van der Waals surface area contributed by atoms with Crippen molar-refractivity contribution in [1.29, 1.82) is 0 Å². The van der Waals surface area contributed by atoms with Crippen LogP contribution >= 0.6 is 0 Å². The highest BCUT2D eigenvalue weighted by atomic mass is 16.5. The normalized spacial score (nSPS) is 30.5. The highest BCUT2D eigenvalue weighted by molar-refractivity contribution is 6.00. The van der Waals surface area contributed by atoms with Crippen LogP contribution in [0.15, 0.2) is 0 Å². The minimum Gasteiger partial charge on any atom is -0.468 e. The van der Waals surface area contributed by atoms with Gasteiger partial charge in [-0.15, -0.1) is 0 Å². The van der Waals surface area contributed by atoms with E-state index in [0.29, 0.717) is 6.42 Å². The predicted octanol–water partition coefficient (Wildman–Crippen LogP) is 0.775. The van der Waals surface area contributed by atoms with Crippen LogP contribution in [-0.2, 0) is 14.3 Å². The van der Waals surface area contributed by atoms with Gasteiger partial charge >= 0.3 is 5.97 Å². The van der Waals surface area contributed by atoms with Crippen LogP contribution in [0.1, 0.15) is 19.8 Å². The van der Waals surface area contributed by atoms with Crippen LogP contribution in [0, 0.1) is 11.8 Å². The summed E-state index contributed by atoms with van der Waals surface area (Å²) in [5.41, 5.74) is 0. The van der Waals surface area contributed by atoms with Gasteiger partial charge in [0.1, 0.15) is 11.7 Å². The molecule has 0 aliphatic heterocycles. The van der Waals surface area contributed by atoms with E-state index in [2.05, 4.69) is 4.74 Å². The summed E-state index contributed by atoms with van der Waals surface area (Å²) < 4.78 is 4.52. The molecule has 0 aromatic heterocycles. The van der Waals surface area contributed by atoms with Crippen molar-refractivity contribution in [3.8, 4) is 0 Å². The van der Waals surface area contributed by atoms with Crippen molar-refractivity contribution in [3.05, 3.63) is 0 Å². The van der Waals surface area contributed by atoms with Gasteiger partial charge < -0.3 is 4.74 Å². The molecule has 62 valence electrons. The lowest BCUT2D eigenvalue weighted by molar-refractivity contribution is -0.149. The molecule has 1 rings (SSSR count). The summed E-state index contributed by atoms with van der Waals surface area (Å²) in [6, 6.07) is 0. The first-order valence-corrected chi connectivity index (χ1v) is 3.77. The number of Topliss-reactive ketones (excluding diaryl/α,β-unsaturated/α-hetero) is 1. The summed E-state index contributed by atoms with van der Waals surface area (Å²) in [6.45, 7) is 1.91. The maximum Gasteiger partial charge on any atom is 0.316 e. The van der Waals surface area contributed by atoms with Crippen molar-refractivity contribution in [2.75, 3.05) is 7.11 Å². The maximum atomic E-state index is 11.1. The van der Waals surface area contributed by atoms with Crippen molar-refractivity contribution in [2.45, 2.75) is 19.8 Å². The van der Waals surface area contributed by atoms with E-state index in [-0.39, 0.29) is 17.7 Å². The van der Waals surface area contributed by atoms with E-state index in [1.165, 1.54) is 7.11 Å². The Bertz CT molecular complexity index is 186. The summed E-state index contributed by atoms with van der Waals surface area (Å²) >= 11 is 0. The Labute approximate surface area is 65.7 Å². The van der Waals surface area contributed by atoms with Gasteiger partial charge in [-0.3, -0.25) is 9.59 Å². The van der Waals surface area contributed by atoms with Gasteiger partial charge in [-0.1, -0.05) is 6.92 Å². The highest BCUT2D eigenvalue weighted by Gasteiger charge is 2.37. The SMILES string of the molecule is COC(=O)[C@H]1C(=O)CC[C@H]1C. The van der Waals surface area contributed by atoms with E-state index in [1.807, 2.05) is 6.92 Å². The second-order valence-corrected chi connectivity index (χ2v) is 2.98. The molecule has 0 aromatic carbocycles. The topological polar surface area (TPSA) is 43.4 Å². The van der Waals surface area contributed by atoms with Gasteiger partial charge in [0, 0.05) is 6.42 Å². The number of hydrogen-bond acceptors (Lipinski definition) is 3. The number of ketones is 1. The summed E-state index contributed by atoms with van der Waals surface area (Å²) in [5.74, 6) is -0.667. The van der Waals surface area contributed by atoms with Gasteiger partial charge in [0.2, 0.25) is 0 Å². The number of carbonyl (C=O) groups is 2. The highest BCUT2D eigenvalue weighted by Crippen LogP contribution is 2.28. The third kappa shape index (κ3) is 1.42. The fourth-order valence-electron chi connectivity index (χ4n) is 1.50. The van der Waals surface area contributed by atoms with Gasteiger partial charge in [-0.25, -0.2) is 0 Å². The summed E-state index contributed by atoms with van der Waals surface area (Å²) in [4.78, 5) is 22.1. The smallest absolute Gasteiger partial charge is 0.316 e. The Balaban J connectivity index is 2.68. The van der Waals surface area contributed by atoms with E-state index >= 15 is 0 Å². The number of rotatable bonds is 1. The molecule has 3 heteroatoms. The maximum absolute atomic E-state index is 11.1. The molecule has 2 atom stereocenters. The second-order valence-electron chi connectivity index (χ2n) is 2.98. The molecule has 11 heavy (non-hydrogen) atoms. The van der Waals surface area contributed by atoms with Crippen LogP contribution in [0.3, 0.4) is 0 Å². The van der Waals surface area contributed by atoms with Gasteiger partial charge in [-0.2, -0.15) is 0 Å². The Morgan fingerprint density at radius 3 is 2.64 bits per heavy atom. The number of esters is 1. The van der Waals surface area contributed by atoms with E-state index in [1.54, 1.807) is 0 Å². The number of hydrogen-bond donors (Lipinski definition) is 0. The number of methoxy groups -OCH3 is 1. The molecule has 0 saturated heterocycles. The second kappa shape index (κ2) is 3.03. The van der Waals surface area contributed by atoms with Crippen LogP contribution in [0.2, 0.25) is 0 Å². The zero-order valence-corrected chi connectivity index (χ0v) is 6.79. The lowest BCUT2D eigenvalue weighted by atomic mass is 9.98. The first-order valence-electron chi connectivity index (χ1n) is 3.77. The van der Waals surface area contributed by atoms with Gasteiger partial charge in [0.05, 0.1) is 7.11 Å². The molecular weight excluding hydrogens is 144 g/mol. The largest absolute Gasteiger partial charge is 0.468 e. The lowest BCUT2D eigenvalue weighted by Gasteiger charge is -2.09. The predicted molar refractivity (Wildman–Crippen MR) is 38.9 cm³/mol. The van der Waals surface area contributed by atoms with Gasteiger partial charge in [0.25, 0.3) is 0 Å². The minimum atomic E-state index is -0.486. The van der Waals surface area contributed by atoms with Crippen molar-refractivity contribution < 1.29 is 14.3 Å². The van der Waals surface area contributed by atoms with E-state index in [0.717, 1.165) is 6.42 Å². The molecule has 0 radical (unpaired) electrons. The summed E-state index contributed by atoms with van der Waals surface area (Å²) in [6.07, 6.45) is 1.35. The van der Waals surface area contributed by atoms with Gasteiger partial charge in [-0.05, 0) is 12.3 Å². The minimum absolute atomic E-state index is 0.0318. The standard InChI is InChI=1S/C8H12O3/c1-5-3-4-6(9)7(5)8(10)11-2/h5,7H,3-4H2,1-2H3/t5-,7-/m1/s1. The summed E-state index contributed by atoms with van der Waals surface area (Å²) in [7, 11) is 1.32. The molecule has 0 aromatic rings. The monoisotopic (exact) mass is 156 g/mol. The quantitative estimate of drug-likeness (QED) is 0.416. The fraction of sp³-hybridized carbons (Fsp3) is 0.750. The van der Waals surface area contributed by atoms with Crippen LogP contribution in [-0.4, -0.2) is 18.9 Å². The molecule has 0 bridgehead atoms. The van der Waals surface area contributed by atoms with Crippen LogP contribution in [0.25, 0.3) is 0 Å². The molecule has 1 aliphatic rings. The van der Waals surface area contributed by atoms with Crippen molar-refractivity contribution in [3.63, 3.8) is 0 Å². The molecule has 0 spiro atoms. The van der Waals surface area contributed by atoms with Crippen molar-refractivity contribution in [2.24, 2.45) is 11.8 Å². The van der Waals surface area contributed by atoms with Gasteiger partial charge in [0.15, 0.2) is 0 Å². The van der Waals surface area contributed by atoms with Crippen LogP contribution in [0.4, 0.5) is 0 Å². The molecule has 0 unspecified atom stereocenters. The Morgan fingerprint density at radius 1 is 1.64 bits per heavy atom. The van der Waals surface area contributed by atoms with Crippen LogP contribution < -0.4 is 0 Å².